The van der Waals surface area contributed by atoms with Gasteiger partial charge in [0.05, 0.1) is 6.54 Å². The highest BCUT2D eigenvalue weighted by molar-refractivity contribution is 5.78. The van der Waals surface area contributed by atoms with E-state index in [0.29, 0.717) is 24.3 Å². The van der Waals surface area contributed by atoms with E-state index in [9.17, 15) is 4.79 Å². The average molecular weight is 320 g/mol. The fraction of sp³-hybridized carbons (Fsp3) is 0.812. The largest absolute Gasteiger partial charge is 0.368 e. The molecule has 1 amide bonds. The van der Waals surface area contributed by atoms with E-state index < -0.39 is 0 Å². The third-order valence-electron chi connectivity index (χ3n) is 5.13. The Morgan fingerprint density at radius 1 is 1.26 bits per heavy atom. The van der Waals surface area contributed by atoms with E-state index >= 15 is 0 Å². The zero-order valence-corrected chi connectivity index (χ0v) is 14.2. The van der Waals surface area contributed by atoms with Crippen molar-refractivity contribution in [3.63, 3.8) is 0 Å². The third kappa shape index (κ3) is 3.83. The van der Waals surface area contributed by atoms with Crippen molar-refractivity contribution in [3.05, 3.63) is 5.82 Å². The summed E-state index contributed by atoms with van der Waals surface area (Å²) in [7, 11) is 1.82. The van der Waals surface area contributed by atoms with Crippen molar-refractivity contribution < 1.29 is 4.79 Å². The monoisotopic (exact) mass is 320 g/mol. The highest BCUT2D eigenvalue weighted by atomic mass is 16.2. The first-order chi connectivity index (χ1) is 11.0. The molecule has 0 radical (unpaired) electrons. The number of hydrogen-bond donors (Lipinski definition) is 1. The Hall–Kier alpha value is -1.63. The molecule has 23 heavy (non-hydrogen) atoms. The van der Waals surface area contributed by atoms with Gasteiger partial charge in [0.25, 0.3) is 0 Å². The van der Waals surface area contributed by atoms with Gasteiger partial charge in [-0.15, -0.1) is 0 Å². The quantitative estimate of drug-likeness (QED) is 0.892. The summed E-state index contributed by atoms with van der Waals surface area (Å²) in [6.07, 6.45) is 4.37. The molecule has 0 bridgehead atoms. The second kappa shape index (κ2) is 6.86. The molecule has 0 aromatic carbocycles. The van der Waals surface area contributed by atoms with Crippen molar-refractivity contribution in [1.82, 2.24) is 24.6 Å². The summed E-state index contributed by atoms with van der Waals surface area (Å²) in [5.74, 6) is 2.60. The van der Waals surface area contributed by atoms with Gasteiger partial charge in [-0.25, -0.2) is 4.68 Å². The molecule has 7 heteroatoms. The second-order valence-electron chi connectivity index (χ2n) is 7.09. The molecule has 2 saturated heterocycles. The van der Waals surface area contributed by atoms with Crippen LogP contribution in [0.3, 0.4) is 0 Å². The Morgan fingerprint density at radius 3 is 2.61 bits per heavy atom. The minimum atomic E-state index is 0.287. The molecule has 0 unspecified atom stereocenters. The van der Waals surface area contributed by atoms with Crippen molar-refractivity contribution in [1.29, 1.82) is 0 Å². The fourth-order valence-electron chi connectivity index (χ4n) is 3.65. The van der Waals surface area contributed by atoms with Crippen LogP contribution in [0.1, 0.15) is 44.3 Å². The van der Waals surface area contributed by atoms with E-state index in [4.69, 9.17) is 5.73 Å². The lowest BCUT2D eigenvalue weighted by atomic mass is 9.96. The summed E-state index contributed by atoms with van der Waals surface area (Å²) in [4.78, 5) is 21.1. The lowest BCUT2D eigenvalue weighted by molar-refractivity contribution is -0.134. The molecule has 3 rings (SSSR count). The van der Waals surface area contributed by atoms with E-state index in [-0.39, 0.29) is 5.91 Å². The van der Waals surface area contributed by atoms with Gasteiger partial charge in [-0.3, -0.25) is 9.69 Å². The molecule has 0 aliphatic carbocycles. The Bertz CT molecular complexity index is 529. The van der Waals surface area contributed by atoms with Gasteiger partial charge in [-0.1, -0.05) is 6.92 Å². The Balaban J connectivity index is 1.48. The molecule has 1 aromatic heterocycles. The van der Waals surface area contributed by atoms with Crippen LogP contribution in [0.15, 0.2) is 0 Å². The maximum atomic E-state index is 12.5. The predicted molar refractivity (Wildman–Crippen MR) is 88.8 cm³/mol. The van der Waals surface area contributed by atoms with Crippen LogP contribution in [0.5, 0.6) is 0 Å². The van der Waals surface area contributed by atoms with E-state index in [1.54, 1.807) is 4.68 Å². The highest BCUT2D eigenvalue weighted by Crippen LogP contribution is 2.26. The van der Waals surface area contributed by atoms with Crippen LogP contribution in [-0.2, 0) is 11.8 Å². The van der Waals surface area contributed by atoms with Gasteiger partial charge >= 0.3 is 0 Å². The number of likely N-dealkylation sites (tertiary alicyclic amines) is 2. The predicted octanol–water partition coefficient (Wildman–Crippen LogP) is 0.835. The fourth-order valence-corrected chi connectivity index (χ4v) is 3.65. The lowest BCUT2D eigenvalue weighted by Crippen LogP contribution is -2.46. The van der Waals surface area contributed by atoms with Crippen LogP contribution < -0.4 is 5.73 Å². The summed E-state index contributed by atoms with van der Waals surface area (Å²) in [5, 5.41) is 4.39. The average Bonchev–Trinajstić information content (AvgIpc) is 2.87. The maximum absolute atomic E-state index is 12.5. The molecule has 0 saturated carbocycles. The number of anilines is 1. The van der Waals surface area contributed by atoms with Crippen LogP contribution in [0.25, 0.3) is 0 Å². The molecule has 7 nitrogen and oxygen atoms in total. The molecule has 2 N–H and O–H groups in total. The number of hydrogen-bond acceptors (Lipinski definition) is 5. The zero-order chi connectivity index (χ0) is 16.4. The van der Waals surface area contributed by atoms with E-state index in [2.05, 4.69) is 21.9 Å². The maximum Gasteiger partial charge on any atom is 0.236 e. The van der Waals surface area contributed by atoms with Gasteiger partial charge in [0.1, 0.15) is 0 Å². The van der Waals surface area contributed by atoms with E-state index in [1.807, 2.05) is 11.9 Å². The first kappa shape index (κ1) is 16.2. The molecular formula is C16H28N6O. The number of nitrogens with zero attached hydrogens (tertiary/aromatic N) is 5. The lowest BCUT2D eigenvalue weighted by Gasteiger charge is -2.35. The highest BCUT2D eigenvalue weighted by Gasteiger charge is 2.27. The summed E-state index contributed by atoms with van der Waals surface area (Å²) in [5.41, 5.74) is 5.76. The molecule has 1 aromatic rings. The second-order valence-corrected chi connectivity index (χ2v) is 7.09. The zero-order valence-electron chi connectivity index (χ0n) is 14.2. The van der Waals surface area contributed by atoms with Crippen LogP contribution in [0.2, 0.25) is 0 Å². The van der Waals surface area contributed by atoms with Crippen LogP contribution in [-0.4, -0.2) is 63.2 Å². The SMILES string of the molecule is C[C@H]1CCCN(C(=O)CN2CCC(c3nc(N)n(C)n3)CC2)C1. The summed E-state index contributed by atoms with van der Waals surface area (Å²) in [6.45, 7) is 6.49. The van der Waals surface area contributed by atoms with Gasteiger partial charge in [0.2, 0.25) is 11.9 Å². The number of carbonyl (C=O) groups excluding carboxylic acids is 1. The van der Waals surface area contributed by atoms with Gasteiger partial charge in [-0.2, -0.15) is 10.1 Å². The number of aromatic nitrogens is 3. The molecule has 3 heterocycles. The smallest absolute Gasteiger partial charge is 0.236 e. The van der Waals surface area contributed by atoms with E-state index in [0.717, 1.165) is 51.3 Å². The number of nitrogens with two attached hydrogens (primary N) is 1. The Kier molecular flexibility index (Phi) is 4.84. The number of amides is 1. The van der Waals surface area contributed by atoms with Crippen molar-refractivity contribution in [2.75, 3.05) is 38.5 Å². The first-order valence-electron chi connectivity index (χ1n) is 8.69. The summed E-state index contributed by atoms with van der Waals surface area (Å²) < 4.78 is 1.63. The minimum absolute atomic E-state index is 0.287. The molecule has 128 valence electrons. The molecule has 2 aliphatic heterocycles. The number of rotatable bonds is 3. The molecule has 2 aliphatic rings. The minimum Gasteiger partial charge on any atom is -0.368 e. The van der Waals surface area contributed by atoms with Crippen LogP contribution in [0.4, 0.5) is 5.95 Å². The van der Waals surface area contributed by atoms with Crippen molar-refractivity contribution in [2.45, 2.75) is 38.5 Å². The molecule has 1 atom stereocenters. The standard InChI is InChI=1S/C16H28N6O/c1-12-4-3-7-22(10-12)14(23)11-21-8-5-13(6-9-21)15-18-16(17)20(2)19-15/h12-13H,3-11H2,1-2H3,(H2,17,18,19)/t12-/m0/s1. The first-order valence-corrected chi connectivity index (χ1v) is 8.69. The van der Waals surface area contributed by atoms with Gasteiger partial charge in [0.15, 0.2) is 5.82 Å². The third-order valence-corrected chi connectivity index (χ3v) is 5.13. The summed E-state index contributed by atoms with van der Waals surface area (Å²) in [6, 6.07) is 0. The summed E-state index contributed by atoms with van der Waals surface area (Å²) >= 11 is 0. The number of carbonyl (C=O) groups is 1. The number of piperidine rings is 2. The van der Waals surface area contributed by atoms with Crippen LogP contribution in [0, 0.1) is 5.92 Å². The molecular weight excluding hydrogens is 292 g/mol. The van der Waals surface area contributed by atoms with Crippen molar-refractivity contribution in [2.24, 2.45) is 13.0 Å². The van der Waals surface area contributed by atoms with E-state index in [1.165, 1.54) is 6.42 Å². The molecule has 2 fully saturated rings. The molecule has 0 spiro atoms. The van der Waals surface area contributed by atoms with Crippen molar-refractivity contribution >= 4 is 11.9 Å². The van der Waals surface area contributed by atoms with Gasteiger partial charge in [-0.05, 0) is 44.7 Å². The number of nitrogen functional groups attached to an aromatic ring is 1. The Labute approximate surface area is 137 Å². The van der Waals surface area contributed by atoms with Crippen molar-refractivity contribution in [3.8, 4) is 0 Å². The Morgan fingerprint density at radius 2 is 2.00 bits per heavy atom. The topological polar surface area (TPSA) is 80.3 Å². The van der Waals surface area contributed by atoms with Crippen LogP contribution >= 0.6 is 0 Å². The normalized spacial score (nSPS) is 24.1. The number of aryl methyl sites for hydroxylation is 1. The van der Waals surface area contributed by atoms with Gasteiger partial charge in [0, 0.05) is 26.1 Å². The van der Waals surface area contributed by atoms with Gasteiger partial charge < -0.3 is 10.6 Å².